The van der Waals surface area contributed by atoms with Gasteiger partial charge in [0.15, 0.2) is 4.77 Å². The highest BCUT2D eigenvalue weighted by atomic mass is 32.1. The summed E-state index contributed by atoms with van der Waals surface area (Å²) < 4.78 is 2.56. The van der Waals surface area contributed by atoms with Crippen LogP contribution in [0.15, 0.2) is 28.6 Å². The van der Waals surface area contributed by atoms with Gasteiger partial charge in [0.2, 0.25) is 0 Å². The van der Waals surface area contributed by atoms with Gasteiger partial charge in [0, 0.05) is 17.3 Å². The third-order valence-electron chi connectivity index (χ3n) is 2.47. The van der Waals surface area contributed by atoms with E-state index in [0.717, 1.165) is 28.1 Å². The van der Waals surface area contributed by atoms with E-state index in [2.05, 4.69) is 15.0 Å². The van der Waals surface area contributed by atoms with Crippen LogP contribution < -0.4 is 4.87 Å². The first-order valence-electron chi connectivity index (χ1n) is 4.93. The number of fused-ring (bicyclic) bond motifs is 1. The molecule has 0 atom stereocenters. The second-order valence-electron chi connectivity index (χ2n) is 3.58. The highest BCUT2D eigenvalue weighted by Gasteiger charge is 2.05. The van der Waals surface area contributed by atoms with Crippen LogP contribution in [0, 0.1) is 4.77 Å². The van der Waals surface area contributed by atoms with Crippen LogP contribution in [0.5, 0.6) is 0 Å². The predicted octanol–water partition coefficient (Wildman–Crippen LogP) is 1.89. The van der Waals surface area contributed by atoms with E-state index in [0.29, 0.717) is 11.3 Å². The van der Waals surface area contributed by atoms with E-state index < -0.39 is 0 Å². The SMILES string of the molecule is O=c1[nH]c(Cn2c(=S)[nH]c3cnccc32)cs1. The summed E-state index contributed by atoms with van der Waals surface area (Å²) >= 11 is 6.41. The maximum atomic E-state index is 11.1. The Morgan fingerprint density at radius 2 is 2.35 bits per heavy atom. The molecule has 0 aliphatic rings. The molecule has 86 valence electrons. The van der Waals surface area contributed by atoms with E-state index in [9.17, 15) is 4.79 Å². The number of pyridine rings is 1. The van der Waals surface area contributed by atoms with Gasteiger partial charge in [-0.3, -0.25) is 9.78 Å². The lowest BCUT2D eigenvalue weighted by Gasteiger charge is -2.01. The van der Waals surface area contributed by atoms with Crippen molar-refractivity contribution >= 4 is 34.6 Å². The molecule has 3 heterocycles. The molecule has 3 aromatic heterocycles. The van der Waals surface area contributed by atoms with Crippen molar-refractivity contribution in [3.8, 4) is 0 Å². The first-order valence-corrected chi connectivity index (χ1v) is 6.22. The summed E-state index contributed by atoms with van der Waals surface area (Å²) in [7, 11) is 0. The zero-order chi connectivity index (χ0) is 11.8. The van der Waals surface area contributed by atoms with Crippen molar-refractivity contribution < 1.29 is 0 Å². The van der Waals surface area contributed by atoms with Gasteiger partial charge in [-0.25, -0.2) is 0 Å². The molecule has 0 amide bonds. The van der Waals surface area contributed by atoms with Crippen LogP contribution in [-0.2, 0) is 6.54 Å². The zero-order valence-corrected chi connectivity index (χ0v) is 10.3. The first-order chi connectivity index (χ1) is 8.24. The van der Waals surface area contributed by atoms with Gasteiger partial charge in [-0.05, 0) is 18.3 Å². The average Bonchev–Trinajstić information content (AvgIpc) is 2.85. The molecule has 0 spiro atoms. The van der Waals surface area contributed by atoms with Crippen molar-refractivity contribution in [2.75, 3.05) is 0 Å². The van der Waals surface area contributed by atoms with Crippen molar-refractivity contribution in [2.24, 2.45) is 0 Å². The number of thiazole rings is 1. The van der Waals surface area contributed by atoms with E-state index in [4.69, 9.17) is 12.2 Å². The molecular formula is C10H8N4OS2. The maximum Gasteiger partial charge on any atom is 0.304 e. The Morgan fingerprint density at radius 3 is 3.12 bits per heavy atom. The van der Waals surface area contributed by atoms with Crippen LogP contribution in [0.2, 0.25) is 0 Å². The third-order valence-corrected chi connectivity index (χ3v) is 3.52. The van der Waals surface area contributed by atoms with Crippen molar-refractivity contribution in [2.45, 2.75) is 6.54 Å². The molecule has 0 aliphatic heterocycles. The molecule has 2 N–H and O–H groups in total. The monoisotopic (exact) mass is 264 g/mol. The number of rotatable bonds is 2. The molecule has 17 heavy (non-hydrogen) atoms. The minimum Gasteiger partial charge on any atom is -0.329 e. The highest BCUT2D eigenvalue weighted by molar-refractivity contribution is 7.71. The Morgan fingerprint density at radius 1 is 1.47 bits per heavy atom. The molecule has 0 aliphatic carbocycles. The number of aromatic nitrogens is 4. The summed E-state index contributed by atoms with van der Waals surface area (Å²) in [5.41, 5.74) is 2.74. The normalized spacial score (nSPS) is 11.1. The fourth-order valence-electron chi connectivity index (χ4n) is 1.73. The van der Waals surface area contributed by atoms with Crippen molar-refractivity contribution in [1.29, 1.82) is 0 Å². The second-order valence-corrected chi connectivity index (χ2v) is 4.81. The summed E-state index contributed by atoms with van der Waals surface area (Å²) in [6, 6.07) is 1.89. The van der Waals surface area contributed by atoms with E-state index in [-0.39, 0.29) is 4.87 Å². The van der Waals surface area contributed by atoms with Gasteiger partial charge in [-0.1, -0.05) is 11.3 Å². The lowest BCUT2D eigenvalue weighted by Crippen LogP contribution is -2.02. The Balaban J connectivity index is 2.14. The van der Waals surface area contributed by atoms with Crippen molar-refractivity contribution in [1.82, 2.24) is 19.5 Å². The predicted molar refractivity (Wildman–Crippen MR) is 69.0 cm³/mol. The van der Waals surface area contributed by atoms with Crippen molar-refractivity contribution in [3.05, 3.63) is 44.0 Å². The summed E-state index contributed by atoms with van der Waals surface area (Å²) in [6.07, 6.45) is 3.45. The number of hydrogen-bond acceptors (Lipinski definition) is 4. The standard InChI is InChI=1S/C10H8N4OS2/c15-10-12-6(5-17-10)4-14-8-1-2-11-3-7(8)13-9(14)16/h1-3,5H,4H2,(H,12,15)(H,13,16). The molecule has 0 unspecified atom stereocenters. The minimum atomic E-state index is -0.0481. The fraction of sp³-hybridized carbons (Fsp3) is 0.100. The minimum absolute atomic E-state index is 0.0481. The summed E-state index contributed by atoms with van der Waals surface area (Å²) in [5, 5.41) is 1.81. The van der Waals surface area contributed by atoms with Gasteiger partial charge in [-0.2, -0.15) is 0 Å². The topological polar surface area (TPSA) is 66.5 Å². The molecule has 3 rings (SSSR count). The quantitative estimate of drug-likeness (QED) is 0.695. The number of hydrogen-bond donors (Lipinski definition) is 2. The van der Waals surface area contributed by atoms with Gasteiger partial charge in [0.05, 0.1) is 23.8 Å². The average molecular weight is 264 g/mol. The van der Waals surface area contributed by atoms with Gasteiger partial charge >= 0.3 is 4.87 Å². The maximum absolute atomic E-state index is 11.1. The van der Waals surface area contributed by atoms with Crippen LogP contribution in [0.25, 0.3) is 11.0 Å². The number of imidazole rings is 1. The fourth-order valence-corrected chi connectivity index (χ4v) is 2.58. The van der Waals surface area contributed by atoms with Crippen LogP contribution in [0.3, 0.4) is 0 Å². The zero-order valence-electron chi connectivity index (χ0n) is 8.64. The highest BCUT2D eigenvalue weighted by Crippen LogP contribution is 2.13. The van der Waals surface area contributed by atoms with Gasteiger partial charge in [0.1, 0.15) is 0 Å². The molecule has 7 heteroatoms. The van der Waals surface area contributed by atoms with E-state index >= 15 is 0 Å². The Kier molecular flexibility index (Phi) is 2.41. The number of H-pyrrole nitrogens is 2. The number of nitrogens with one attached hydrogen (secondary N) is 2. The Bertz CT molecular complexity index is 779. The van der Waals surface area contributed by atoms with E-state index in [1.165, 1.54) is 0 Å². The largest absolute Gasteiger partial charge is 0.329 e. The number of nitrogens with zero attached hydrogens (tertiary/aromatic N) is 2. The Hall–Kier alpha value is -1.73. The molecule has 0 radical (unpaired) electrons. The van der Waals surface area contributed by atoms with E-state index in [1.54, 1.807) is 12.4 Å². The first kappa shape index (κ1) is 10.4. The van der Waals surface area contributed by atoms with Crippen LogP contribution in [0.1, 0.15) is 5.69 Å². The molecule has 5 nitrogen and oxygen atoms in total. The molecule has 0 bridgehead atoms. The molecule has 0 aromatic carbocycles. The molecule has 3 aromatic rings. The van der Waals surface area contributed by atoms with Crippen LogP contribution in [-0.4, -0.2) is 19.5 Å². The summed E-state index contributed by atoms with van der Waals surface area (Å²) in [6.45, 7) is 0.557. The van der Waals surface area contributed by atoms with Crippen molar-refractivity contribution in [3.63, 3.8) is 0 Å². The second kappa shape index (κ2) is 3.94. The molecule has 0 saturated heterocycles. The third kappa shape index (κ3) is 1.83. The van der Waals surface area contributed by atoms with Gasteiger partial charge in [0.25, 0.3) is 0 Å². The van der Waals surface area contributed by atoms with E-state index in [1.807, 2.05) is 16.0 Å². The van der Waals surface area contributed by atoms with Crippen LogP contribution in [0.4, 0.5) is 0 Å². The van der Waals surface area contributed by atoms with Gasteiger partial charge < -0.3 is 14.5 Å². The molecule has 0 saturated carbocycles. The smallest absolute Gasteiger partial charge is 0.304 e. The lowest BCUT2D eigenvalue weighted by atomic mass is 10.4. The molecule has 0 fully saturated rings. The summed E-state index contributed by atoms with van der Waals surface area (Å²) in [5.74, 6) is 0. The summed E-state index contributed by atoms with van der Waals surface area (Å²) in [4.78, 5) is 20.9. The molecular weight excluding hydrogens is 256 g/mol. The Labute approximate surface area is 105 Å². The number of aromatic amines is 2. The van der Waals surface area contributed by atoms with Gasteiger partial charge in [-0.15, -0.1) is 0 Å². The van der Waals surface area contributed by atoms with Crippen LogP contribution >= 0.6 is 23.6 Å². The lowest BCUT2D eigenvalue weighted by molar-refractivity contribution is 0.789.